The number of carboxylic acid groups (broad SMARTS) is 1. The zero-order valence-electron chi connectivity index (χ0n) is 14.4. The number of nitrogens with two attached hydrogens (primary N) is 1. The van der Waals surface area contributed by atoms with Crippen LogP contribution in [0.4, 0.5) is 0 Å². The van der Waals surface area contributed by atoms with Crippen molar-refractivity contribution in [3.8, 4) is 0 Å². The summed E-state index contributed by atoms with van der Waals surface area (Å²) in [5.41, 5.74) is 7.09. The van der Waals surface area contributed by atoms with Gasteiger partial charge in [0.05, 0.1) is 0 Å². The van der Waals surface area contributed by atoms with Gasteiger partial charge in [0.2, 0.25) is 0 Å². The van der Waals surface area contributed by atoms with Crippen LogP contribution in [0.5, 0.6) is 0 Å². The van der Waals surface area contributed by atoms with Gasteiger partial charge in [-0.15, -0.1) is 0 Å². The smallest absolute Gasteiger partial charge is 0.329 e. The van der Waals surface area contributed by atoms with Crippen molar-refractivity contribution in [3.05, 3.63) is 71.8 Å². The van der Waals surface area contributed by atoms with Gasteiger partial charge in [-0.3, -0.25) is 0 Å². The maximum absolute atomic E-state index is 10.6. The van der Waals surface area contributed by atoms with Gasteiger partial charge in [0, 0.05) is 6.61 Å². The fraction of sp³-hybridized carbons (Fsp3) is 0.350. The summed E-state index contributed by atoms with van der Waals surface area (Å²) >= 11 is 0. The molecule has 0 aliphatic heterocycles. The molecule has 0 saturated heterocycles. The van der Waals surface area contributed by atoms with Crippen LogP contribution in [-0.4, -0.2) is 35.9 Å². The van der Waals surface area contributed by atoms with Gasteiger partial charge >= 0.3 is 5.97 Å². The largest absolute Gasteiger partial charge is 0.480 e. The number of carboxylic acids is 1. The number of unbranched alkanes of at least 4 members (excludes halogenated alkanes) is 2. The van der Waals surface area contributed by atoms with Crippen molar-refractivity contribution in [2.75, 3.05) is 19.8 Å². The van der Waals surface area contributed by atoms with Crippen LogP contribution in [0, 0.1) is 0 Å². The summed E-state index contributed by atoms with van der Waals surface area (Å²) in [6.07, 6.45) is 2.66. The molecule has 2 rings (SSSR count). The third-order valence-corrected chi connectivity index (χ3v) is 3.44. The Morgan fingerprint density at radius 2 is 1.44 bits per heavy atom. The summed E-state index contributed by atoms with van der Waals surface area (Å²) in [7, 11) is 0. The molecule has 0 aliphatic carbocycles. The fourth-order valence-corrected chi connectivity index (χ4v) is 2.23. The first-order valence-electron chi connectivity index (χ1n) is 8.43. The molecule has 0 aliphatic rings. The molecule has 0 unspecified atom stereocenters. The predicted molar refractivity (Wildman–Crippen MR) is 98.3 cm³/mol. The van der Waals surface area contributed by atoms with E-state index in [0.717, 1.165) is 36.9 Å². The first kappa shape index (κ1) is 20.8. The second-order valence-corrected chi connectivity index (χ2v) is 5.48. The quantitative estimate of drug-likeness (QED) is 0.608. The Hall–Kier alpha value is -2.21. The van der Waals surface area contributed by atoms with E-state index in [1.54, 1.807) is 0 Å². The van der Waals surface area contributed by atoms with Crippen molar-refractivity contribution in [2.24, 2.45) is 5.73 Å². The van der Waals surface area contributed by atoms with Crippen LogP contribution in [0.15, 0.2) is 60.7 Å². The van der Waals surface area contributed by atoms with Gasteiger partial charge in [-0.25, -0.2) is 4.79 Å². The van der Waals surface area contributed by atoms with Gasteiger partial charge in [-0.1, -0.05) is 60.7 Å². The number of hydrogen-bond donors (Lipinski definition) is 3. The summed E-state index contributed by atoms with van der Waals surface area (Å²) in [6, 6.07) is 19.2. The van der Waals surface area contributed by atoms with Gasteiger partial charge in [-0.2, -0.15) is 0 Å². The van der Waals surface area contributed by atoms with Crippen LogP contribution in [0.25, 0.3) is 0 Å². The average molecular weight is 345 g/mol. The van der Waals surface area contributed by atoms with E-state index >= 15 is 0 Å². The molecule has 2 aromatic rings. The van der Waals surface area contributed by atoms with Crippen LogP contribution in [0.1, 0.15) is 36.5 Å². The second-order valence-electron chi connectivity index (χ2n) is 5.48. The molecule has 0 spiro atoms. The summed E-state index contributed by atoms with van der Waals surface area (Å²) in [5, 5.41) is 17.0. The highest BCUT2D eigenvalue weighted by Crippen LogP contribution is 2.25. The Balaban J connectivity index is 0.000000381. The molecule has 0 bridgehead atoms. The Labute approximate surface area is 149 Å². The maximum atomic E-state index is 10.6. The van der Waals surface area contributed by atoms with Gasteiger partial charge in [0.15, 0.2) is 0 Å². The molecule has 0 amide bonds. The first-order valence-corrected chi connectivity index (χ1v) is 8.43. The van der Waals surface area contributed by atoms with E-state index in [9.17, 15) is 4.79 Å². The highest BCUT2D eigenvalue weighted by atomic mass is 16.5. The molecule has 4 N–H and O–H groups in total. The van der Waals surface area contributed by atoms with Crippen molar-refractivity contribution in [3.63, 3.8) is 0 Å². The van der Waals surface area contributed by atoms with E-state index in [0.29, 0.717) is 6.61 Å². The van der Waals surface area contributed by atoms with E-state index in [1.807, 2.05) is 60.7 Å². The minimum absolute atomic E-state index is 0.306. The van der Waals surface area contributed by atoms with E-state index in [4.69, 9.17) is 20.7 Å². The topological polar surface area (TPSA) is 92.8 Å². The van der Waals surface area contributed by atoms with E-state index < -0.39 is 5.97 Å². The normalized spacial score (nSPS) is 10.2. The minimum atomic E-state index is -0.966. The van der Waals surface area contributed by atoms with Crippen LogP contribution in [0.2, 0.25) is 0 Å². The highest BCUT2D eigenvalue weighted by Gasteiger charge is 2.15. The lowest BCUT2D eigenvalue weighted by molar-refractivity contribution is -0.143. The number of hydrogen-bond acceptors (Lipinski definition) is 4. The molecule has 0 fully saturated rings. The molecule has 25 heavy (non-hydrogen) atoms. The molecule has 5 nitrogen and oxygen atoms in total. The van der Waals surface area contributed by atoms with Gasteiger partial charge in [0.1, 0.15) is 12.7 Å². The van der Waals surface area contributed by atoms with Crippen molar-refractivity contribution in [2.45, 2.75) is 25.4 Å². The van der Waals surface area contributed by atoms with Crippen molar-refractivity contribution < 1.29 is 19.7 Å². The SMILES string of the molecule is NCCCCCO.O=C(O)COC(c1ccccc1)c1ccccc1. The zero-order chi connectivity index (χ0) is 18.3. The number of aliphatic hydroxyl groups is 1. The zero-order valence-corrected chi connectivity index (χ0v) is 14.4. The van der Waals surface area contributed by atoms with Crippen LogP contribution < -0.4 is 5.73 Å². The molecule has 0 aromatic heterocycles. The Kier molecular flexibility index (Phi) is 10.9. The maximum Gasteiger partial charge on any atom is 0.329 e. The molecule has 136 valence electrons. The second kappa shape index (κ2) is 13.1. The molecule has 0 saturated carbocycles. The lowest BCUT2D eigenvalue weighted by atomic mass is 10.0. The number of ether oxygens (including phenoxy) is 1. The van der Waals surface area contributed by atoms with Crippen molar-refractivity contribution in [1.29, 1.82) is 0 Å². The molecule has 0 radical (unpaired) electrons. The van der Waals surface area contributed by atoms with Crippen molar-refractivity contribution >= 4 is 5.97 Å². The summed E-state index contributed by atoms with van der Waals surface area (Å²) in [6.45, 7) is 0.744. The molecule has 2 aromatic carbocycles. The van der Waals surface area contributed by atoms with Gasteiger partial charge in [-0.05, 0) is 36.9 Å². The van der Waals surface area contributed by atoms with E-state index in [-0.39, 0.29) is 12.7 Å². The number of rotatable bonds is 9. The lowest BCUT2D eigenvalue weighted by Gasteiger charge is -2.17. The van der Waals surface area contributed by atoms with Crippen LogP contribution in [0.3, 0.4) is 0 Å². The average Bonchev–Trinajstić information content (AvgIpc) is 2.64. The molecular weight excluding hydrogens is 318 g/mol. The van der Waals surface area contributed by atoms with Gasteiger partial charge < -0.3 is 20.7 Å². The molecule has 5 heteroatoms. The minimum Gasteiger partial charge on any atom is -0.480 e. The van der Waals surface area contributed by atoms with Crippen LogP contribution in [-0.2, 0) is 9.53 Å². The molecular formula is C20H27NO4. The Bertz CT molecular complexity index is 531. The van der Waals surface area contributed by atoms with Gasteiger partial charge in [0.25, 0.3) is 0 Å². The summed E-state index contributed by atoms with van der Waals surface area (Å²) < 4.78 is 5.48. The predicted octanol–water partition coefficient (Wildman–Crippen LogP) is 2.98. The Morgan fingerprint density at radius 3 is 1.84 bits per heavy atom. The third kappa shape index (κ3) is 9.00. The number of carbonyl (C=O) groups is 1. The summed E-state index contributed by atoms with van der Waals surface area (Å²) in [5.74, 6) is -0.966. The number of benzene rings is 2. The highest BCUT2D eigenvalue weighted by molar-refractivity contribution is 5.68. The van der Waals surface area contributed by atoms with Crippen LogP contribution >= 0.6 is 0 Å². The van der Waals surface area contributed by atoms with E-state index in [1.165, 1.54) is 0 Å². The monoisotopic (exact) mass is 345 g/mol. The Morgan fingerprint density at radius 1 is 0.920 bits per heavy atom. The standard InChI is InChI=1S/C15H14O3.C5H13NO/c16-14(17)11-18-15(12-7-3-1-4-8-12)13-9-5-2-6-10-13;6-4-2-1-3-5-7/h1-10,15H,11H2,(H,16,17);7H,1-6H2. The van der Waals surface area contributed by atoms with E-state index in [2.05, 4.69) is 0 Å². The molecule has 0 atom stereocenters. The summed E-state index contributed by atoms with van der Waals surface area (Å²) in [4.78, 5) is 10.6. The number of aliphatic carboxylic acids is 1. The molecule has 0 heterocycles. The number of aliphatic hydroxyl groups excluding tert-OH is 1. The van der Waals surface area contributed by atoms with Crippen molar-refractivity contribution in [1.82, 2.24) is 0 Å². The lowest BCUT2D eigenvalue weighted by Crippen LogP contribution is -2.13. The fourth-order valence-electron chi connectivity index (χ4n) is 2.23. The third-order valence-electron chi connectivity index (χ3n) is 3.44. The first-order chi connectivity index (χ1) is 12.2.